The minimum absolute atomic E-state index is 0.0300. The number of hydrogen-bond acceptors (Lipinski definition) is 4. The molecule has 1 aromatic heterocycles. The largest absolute Gasteiger partial charge is 0.466 e. The lowest BCUT2D eigenvalue weighted by Gasteiger charge is -2.02. The van der Waals surface area contributed by atoms with Gasteiger partial charge in [0.2, 0.25) is 0 Å². The van der Waals surface area contributed by atoms with Crippen LogP contribution >= 0.6 is 0 Å². The molecule has 0 amide bonds. The van der Waals surface area contributed by atoms with Crippen LogP contribution in [-0.2, 0) is 16.0 Å². The van der Waals surface area contributed by atoms with Crippen LogP contribution in [0.15, 0.2) is 12.3 Å². The summed E-state index contributed by atoms with van der Waals surface area (Å²) in [5, 5.41) is 0. The van der Waals surface area contributed by atoms with Crippen molar-refractivity contribution in [2.75, 3.05) is 12.3 Å². The van der Waals surface area contributed by atoms with Gasteiger partial charge in [-0.1, -0.05) is 0 Å². The van der Waals surface area contributed by atoms with Crippen LogP contribution in [-0.4, -0.2) is 17.6 Å². The van der Waals surface area contributed by atoms with Crippen molar-refractivity contribution in [3.05, 3.63) is 23.8 Å². The number of nitrogens with zero attached hydrogens (tertiary/aromatic N) is 1. The summed E-state index contributed by atoms with van der Waals surface area (Å²) in [5.41, 5.74) is 5.51. The Labute approximate surface area is 80.9 Å². The summed E-state index contributed by atoms with van der Waals surface area (Å²) in [7, 11) is 0. The van der Waals surface area contributed by atoms with Gasteiger partial charge >= 0.3 is 5.97 Å². The first-order valence-electron chi connectivity index (χ1n) is 4.19. The van der Waals surface area contributed by atoms with Gasteiger partial charge in [-0.25, -0.2) is 4.39 Å². The van der Waals surface area contributed by atoms with E-state index < -0.39 is 11.8 Å². The molecule has 5 heteroatoms. The highest BCUT2D eigenvalue weighted by atomic mass is 19.1. The van der Waals surface area contributed by atoms with Gasteiger partial charge in [0, 0.05) is 0 Å². The molecular formula is C9H11FN2O2. The summed E-state index contributed by atoms with van der Waals surface area (Å²) in [6.07, 6.45) is 1.15. The van der Waals surface area contributed by atoms with E-state index in [9.17, 15) is 9.18 Å². The van der Waals surface area contributed by atoms with Crippen LogP contribution in [0, 0.1) is 5.82 Å². The Hall–Kier alpha value is -1.65. The van der Waals surface area contributed by atoms with Crippen LogP contribution in [0.2, 0.25) is 0 Å². The Bertz CT molecular complexity index is 342. The van der Waals surface area contributed by atoms with Gasteiger partial charge in [-0.05, 0) is 13.0 Å². The highest BCUT2D eigenvalue weighted by Crippen LogP contribution is 2.09. The maximum Gasteiger partial charge on any atom is 0.311 e. The third-order valence-electron chi connectivity index (χ3n) is 1.57. The lowest BCUT2D eigenvalue weighted by molar-refractivity contribution is -0.142. The Morgan fingerprint density at radius 3 is 3.00 bits per heavy atom. The zero-order valence-corrected chi connectivity index (χ0v) is 7.79. The third kappa shape index (κ3) is 2.69. The number of rotatable bonds is 3. The van der Waals surface area contributed by atoms with Crippen LogP contribution in [0.1, 0.15) is 12.6 Å². The molecule has 1 rings (SSSR count). The zero-order valence-electron chi connectivity index (χ0n) is 7.79. The SMILES string of the molecule is CCOC(=O)Cc1cc(F)c(N)cn1. The molecule has 0 fully saturated rings. The fraction of sp³-hybridized carbons (Fsp3) is 0.333. The van der Waals surface area contributed by atoms with Gasteiger partial charge in [0.1, 0.15) is 5.82 Å². The zero-order chi connectivity index (χ0) is 10.6. The topological polar surface area (TPSA) is 65.2 Å². The van der Waals surface area contributed by atoms with E-state index in [0.29, 0.717) is 12.3 Å². The third-order valence-corrected chi connectivity index (χ3v) is 1.57. The normalized spacial score (nSPS) is 9.86. The molecule has 0 bridgehead atoms. The van der Waals surface area contributed by atoms with Crippen LogP contribution < -0.4 is 5.73 Å². The quantitative estimate of drug-likeness (QED) is 0.733. The van der Waals surface area contributed by atoms with Crippen molar-refractivity contribution in [1.82, 2.24) is 4.98 Å². The van der Waals surface area contributed by atoms with Crippen molar-refractivity contribution < 1.29 is 13.9 Å². The molecule has 0 spiro atoms. The molecule has 1 aromatic rings. The maximum atomic E-state index is 12.9. The molecule has 0 saturated heterocycles. The van der Waals surface area contributed by atoms with E-state index in [4.69, 9.17) is 5.73 Å². The van der Waals surface area contributed by atoms with Gasteiger partial charge in [0.05, 0.1) is 30.6 Å². The second-order valence-electron chi connectivity index (χ2n) is 2.68. The predicted molar refractivity (Wildman–Crippen MR) is 48.9 cm³/mol. The molecule has 76 valence electrons. The number of ether oxygens (including phenoxy) is 1. The van der Waals surface area contributed by atoms with Crippen molar-refractivity contribution in [3.63, 3.8) is 0 Å². The lowest BCUT2D eigenvalue weighted by Crippen LogP contribution is -2.09. The summed E-state index contributed by atoms with van der Waals surface area (Å²) >= 11 is 0. The number of nitrogens with two attached hydrogens (primary N) is 1. The second kappa shape index (κ2) is 4.55. The number of aromatic nitrogens is 1. The van der Waals surface area contributed by atoms with Gasteiger partial charge in [0.15, 0.2) is 0 Å². The highest BCUT2D eigenvalue weighted by molar-refractivity contribution is 5.72. The average Bonchev–Trinajstić information content (AvgIpc) is 2.12. The van der Waals surface area contributed by atoms with Gasteiger partial charge < -0.3 is 10.5 Å². The minimum atomic E-state index is -0.570. The van der Waals surface area contributed by atoms with E-state index in [0.717, 1.165) is 6.07 Å². The first-order valence-corrected chi connectivity index (χ1v) is 4.19. The van der Waals surface area contributed by atoms with E-state index in [1.807, 2.05) is 0 Å². The first-order chi connectivity index (χ1) is 6.63. The number of carbonyl (C=O) groups excluding carboxylic acids is 1. The summed E-state index contributed by atoms with van der Waals surface area (Å²) in [4.78, 5) is 14.8. The van der Waals surface area contributed by atoms with Crippen molar-refractivity contribution >= 4 is 11.7 Å². The Morgan fingerprint density at radius 1 is 1.71 bits per heavy atom. The van der Waals surface area contributed by atoms with E-state index in [1.54, 1.807) is 6.92 Å². The van der Waals surface area contributed by atoms with E-state index in [1.165, 1.54) is 6.20 Å². The predicted octanol–water partition coefficient (Wildman–Crippen LogP) is 0.909. The molecule has 0 aliphatic carbocycles. The average molecular weight is 198 g/mol. The van der Waals surface area contributed by atoms with Gasteiger partial charge in [-0.15, -0.1) is 0 Å². The number of hydrogen-bond donors (Lipinski definition) is 1. The molecular weight excluding hydrogens is 187 g/mol. The van der Waals surface area contributed by atoms with E-state index in [2.05, 4.69) is 9.72 Å². The van der Waals surface area contributed by atoms with E-state index >= 15 is 0 Å². The molecule has 0 atom stereocenters. The van der Waals surface area contributed by atoms with Gasteiger partial charge in [-0.2, -0.15) is 0 Å². The van der Waals surface area contributed by atoms with E-state index in [-0.39, 0.29) is 12.1 Å². The van der Waals surface area contributed by atoms with Gasteiger partial charge in [0.25, 0.3) is 0 Å². The number of halogens is 1. The molecule has 2 N–H and O–H groups in total. The minimum Gasteiger partial charge on any atom is -0.466 e. The molecule has 4 nitrogen and oxygen atoms in total. The Kier molecular flexibility index (Phi) is 3.39. The number of anilines is 1. The Morgan fingerprint density at radius 2 is 2.43 bits per heavy atom. The van der Waals surface area contributed by atoms with Crippen LogP contribution in [0.5, 0.6) is 0 Å². The summed E-state index contributed by atoms with van der Waals surface area (Å²) < 4.78 is 17.6. The standard InChI is InChI=1S/C9H11FN2O2/c1-2-14-9(13)4-6-3-7(10)8(11)5-12-6/h3,5H,2,4,11H2,1H3. The van der Waals surface area contributed by atoms with Crippen molar-refractivity contribution in [2.45, 2.75) is 13.3 Å². The highest BCUT2D eigenvalue weighted by Gasteiger charge is 2.07. The lowest BCUT2D eigenvalue weighted by atomic mass is 10.2. The summed E-state index contributed by atoms with van der Waals surface area (Å²) in [6, 6.07) is 1.13. The Balaban J connectivity index is 2.68. The molecule has 0 aliphatic heterocycles. The fourth-order valence-corrected chi connectivity index (χ4v) is 0.938. The maximum absolute atomic E-state index is 12.9. The van der Waals surface area contributed by atoms with Gasteiger partial charge in [-0.3, -0.25) is 9.78 Å². The van der Waals surface area contributed by atoms with Crippen molar-refractivity contribution in [3.8, 4) is 0 Å². The molecule has 1 heterocycles. The number of carbonyl (C=O) groups is 1. The summed E-state index contributed by atoms with van der Waals surface area (Å²) in [6.45, 7) is 2.01. The van der Waals surface area contributed by atoms with Crippen molar-refractivity contribution in [1.29, 1.82) is 0 Å². The number of pyridine rings is 1. The van der Waals surface area contributed by atoms with Crippen LogP contribution in [0.4, 0.5) is 10.1 Å². The monoisotopic (exact) mass is 198 g/mol. The van der Waals surface area contributed by atoms with Crippen molar-refractivity contribution in [2.24, 2.45) is 0 Å². The molecule has 14 heavy (non-hydrogen) atoms. The van der Waals surface area contributed by atoms with Crippen LogP contribution in [0.3, 0.4) is 0 Å². The molecule has 0 saturated carbocycles. The first kappa shape index (κ1) is 10.4. The molecule has 0 radical (unpaired) electrons. The second-order valence-corrected chi connectivity index (χ2v) is 2.68. The molecule has 0 unspecified atom stereocenters. The number of nitrogen functional groups attached to an aromatic ring is 1. The number of esters is 1. The molecule has 0 aliphatic rings. The summed E-state index contributed by atoms with van der Waals surface area (Å²) in [5.74, 6) is -0.997. The molecule has 0 aromatic carbocycles. The fourth-order valence-electron chi connectivity index (χ4n) is 0.938. The van der Waals surface area contributed by atoms with Crippen LogP contribution in [0.25, 0.3) is 0 Å². The smallest absolute Gasteiger partial charge is 0.311 e.